The number of aromatic nitrogens is 1. The Morgan fingerprint density at radius 2 is 1.96 bits per heavy atom. The Morgan fingerprint density at radius 1 is 1.25 bits per heavy atom. The van der Waals surface area contributed by atoms with Gasteiger partial charge in [0.25, 0.3) is 5.91 Å². The van der Waals surface area contributed by atoms with E-state index in [0.717, 1.165) is 12.8 Å². The largest absolute Gasteiger partial charge is 0.451 e. The number of pyridine rings is 1. The molecule has 0 aliphatic heterocycles. The van der Waals surface area contributed by atoms with Gasteiger partial charge in [-0.15, -0.1) is 0 Å². The molecular weight excluding hydrogens is 375 g/mol. The SMILES string of the molecule is C[C@@H]1[C@@H](C)CCC[C@H]1NC(=O)COC(=O)c1ncc(Cl)c(Cl)c1Cl. The molecule has 0 unspecified atom stereocenters. The van der Waals surface area contributed by atoms with Crippen LogP contribution in [-0.2, 0) is 9.53 Å². The molecule has 2 rings (SSSR count). The molecule has 1 heterocycles. The summed E-state index contributed by atoms with van der Waals surface area (Å²) in [5.41, 5.74) is -0.168. The van der Waals surface area contributed by atoms with E-state index in [-0.39, 0.29) is 32.7 Å². The van der Waals surface area contributed by atoms with Crippen molar-refractivity contribution in [1.82, 2.24) is 10.3 Å². The summed E-state index contributed by atoms with van der Waals surface area (Å²) in [5, 5.41) is 2.99. The molecule has 1 aliphatic carbocycles. The summed E-state index contributed by atoms with van der Waals surface area (Å²) in [4.78, 5) is 27.8. The maximum Gasteiger partial charge on any atom is 0.359 e. The van der Waals surface area contributed by atoms with Crippen LogP contribution in [0.1, 0.15) is 43.6 Å². The van der Waals surface area contributed by atoms with Crippen molar-refractivity contribution in [2.45, 2.75) is 39.2 Å². The molecule has 1 amide bonds. The minimum absolute atomic E-state index is 0.0229. The van der Waals surface area contributed by atoms with E-state index < -0.39 is 12.6 Å². The number of esters is 1. The summed E-state index contributed by atoms with van der Waals surface area (Å²) < 4.78 is 4.97. The Balaban J connectivity index is 1.90. The molecule has 3 atom stereocenters. The van der Waals surface area contributed by atoms with Crippen LogP contribution in [-0.4, -0.2) is 29.5 Å². The first kappa shape index (κ1) is 19.3. The Kier molecular flexibility index (Phi) is 6.72. The summed E-state index contributed by atoms with van der Waals surface area (Å²) in [6.45, 7) is 3.91. The van der Waals surface area contributed by atoms with Gasteiger partial charge in [-0.3, -0.25) is 4.79 Å². The fraction of sp³-hybridized carbons (Fsp3) is 0.562. The number of rotatable bonds is 4. The lowest BCUT2D eigenvalue weighted by atomic mass is 9.78. The fourth-order valence-electron chi connectivity index (χ4n) is 2.82. The van der Waals surface area contributed by atoms with Crippen LogP contribution in [0.5, 0.6) is 0 Å². The van der Waals surface area contributed by atoms with E-state index in [9.17, 15) is 9.59 Å². The van der Waals surface area contributed by atoms with Crippen LogP contribution in [0.3, 0.4) is 0 Å². The molecule has 5 nitrogen and oxygen atoms in total. The van der Waals surface area contributed by atoms with Crippen LogP contribution in [0.15, 0.2) is 6.20 Å². The summed E-state index contributed by atoms with van der Waals surface area (Å²) in [6, 6.07) is 0.103. The molecule has 0 bridgehead atoms. The molecule has 132 valence electrons. The van der Waals surface area contributed by atoms with Crippen LogP contribution in [0.4, 0.5) is 0 Å². The van der Waals surface area contributed by atoms with E-state index >= 15 is 0 Å². The van der Waals surface area contributed by atoms with Gasteiger partial charge in [-0.25, -0.2) is 9.78 Å². The molecule has 1 saturated carbocycles. The topological polar surface area (TPSA) is 68.3 Å². The van der Waals surface area contributed by atoms with Crippen LogP contribution < -0.4 is 5.32 Å². The summed E-state index contributed by atoms with van der Waals surface area (Å²) in [7, 11) is 0. The van der Waals surface area contributed by atoms with E-state index in [1.165, 1.54) is 12.6 Å². The van der Waals surface area contributed by atoms with Gasteiger partial charge in [0.05, 0.1) is 15.1 Å². The van der Waals surface area contributed by atoms with Gasteiger partial charge in [-0.05, 0) is 18.3 Å². The highest BCUT2D eigenvalue weighted by molar-refractivity contribution is 6.48. The quantitative estimate of drug-likeness (QED) is 0.781. The van der Waals surface area contributed by atoms with Crippen molar-refractivity contribution >= 4 is 46.7 Å². The number of hydrogen-bond acceptors (Lipinski definition) is 4. The molecule has 1 aliphatic rings. The predicted molar refractivity (Wildman–Crippen MR) is 93.7 cm³/mol. The number of nitrogens with one attached hydrogen (secondary N) is 1. The van der Waals surface area contributed by atoms with Crippen molar-refractivity contribution in [1.29, 1.82) is 0 Å². The lowest BCUT2D eigenvalue weighted by Crippen LogP contribution is -2.45. The molecule has 1 fully saturated rings. The van der Waals surface area contributed by atoms with Gasteiger partial charge in [0.15, 0.2) is 12.3 Å². The standard InChI is InChI=1S/C16H19Cl3N2O3/c1-8-4-3-5-11(9(8)2)21-12(22)7-24-16(23)15-14(19)13(18)10(17)6-20-15/h6,8-9,11H,3-5,7H2,1-2H3,(H,21,22)/t8-,9+,11+/m0/s1. The number of carbonyl (C=O) groups is 2. The minimum Gasteiger partial charge on any atom is -0.451 e. The number of ether oxygens (including phenoxy) is 1. The van der Waals surface area contributed by atoms with Crippen molar-refractivity contribution in [3.05, 3.63) is 27.0 Å². The van der Waals surface area contributed by atoms with Crippen molar-refractivity contribution < 1.29 is 14.3 Å². The Morgan fingerprint density at radius 3 is 2.67 bits per heavy atom. The Hall–Kier alpha value is -1.04. The van der Waals surface area contributed by atoms with Gasteiger partial charge in [-0.2, -0.15) is 0 Å². The van der Waals surface area contributed by atoms with Crippen molar-refractivity contribution in [3.63, 3.8) is 0 Å². The van der Waals surface area contributed by atoms with E-state index in [2.05, 4.69) is 24.1 Å². The summed E-state index contributed by atoms with van der Waals surface area (Å²) in [6.07, 6.45) is 4.39. The van der Waals surface area contributed by atoms with Crippen molar-refractivity contribution in [3.8, 4) is 0 Å². The first-order valence-electron chi connectivity index (χ1n) is 7.77. The third kappa shape index (κ3) is 4.52. The van der Waals surface area contributed by atoms with Crippen LogP contribution in [0, 0.1) is 11.8 Å². The second-order valence-electron chi connectivity index (χ2n) is 6.10. The highest BCUT2D eigenvalue weighted by Crippen LogP contribution is 2.31. The molecule has 1 aromatic heterocycles. The average molecular weight is 394 g/mol. The maximum atomic E-state index is 12.0. The molecule has 8 heteroatoms. The number of amides is 1. The average Bonchev–Trinajstić information content (AvgIpc) is 2.55. The zero-order valence-electron chi connectivity index (χ0n) is 13.4. The lowest BCUT2D eigenvalue weighted by molar-refractivity contribution is -0.125. The molecular formula is C16H19Cl3N2O3. The maximum absolute atomic E-state index is 12.0. The van der Waals surface area contributed by atoms with Gasteiger partial charge in [0.1, 0.15) is 0 Å². The second-order valence-corrected chi connectivity index (χ2v) is 7.26. The zero-order chi connectivity index (χ0) is 17.9. The van der Waals surface area contributed by atoms with Crippen LogP contribution in [0.2, 0.25) is 15.1 Å². The molecule has 0 aromatic carbocycles. The Bertz CT molecular complexity index is 639. The van der Waals surface area contributed by atoms with Gasteiger partial charge in [0, 0.05) is 12.2 Å². The first-order valence-corrected chi connectivity index (χ1v) is 8.90. The summed E-state index contributed by atoms with van der Waals surface area (Å²) >= 11 is 17.5. The molecule has 1 N–H and O–H groups in total. The molecule has 0 saturated heterocycles. The van der Waals surface area contributed by atoms with Crippen LogP contribution >= 0.6 is 34.8 Å². The van der Waals surface area contributed by atoms with E-state index in [1.54, 1.807) is 0 Å². The van der Waals surface area contributed by atoms with Crippen molar-refractivity contribution in [2.24, 2.45) is 11.8 Å². The Labute approximate surface area is 156 Å². The van der Waals surface area contributed by atoms with E-state index in [0.29, 0.717) is 11.8 Å². The van der Waals surface area contributed by atoms with E-state index in [4.69, 9.17) is 39.5 Å². The van der Waals surface area contributed by atoms with Gasteiger partial charge < -0.3 is 10.1 Å². The van der Waals surface area contributed by atoms with Crippen molar-refractivity contribution in [2.75, 3.05) is 6.61 Å². The molecule has 0 spiro atoms. The zero-order valence-corrected chi connectivity index (χ0v) is 15.7. The highest BCUT2D eigenvalue weighted by atomic mass is 35.5. The predicted octanol–water partition coefficient (Wildman–Crippen LogP) is 4.14. The van der Waals surface area contributed by atoms with Gasteiger partial charge in [0.2, 0.25) is 0 Å². The lowest BCUT2D eigenvalue weighted by Gasteiger charge is -2.34. The molecule has 0 radical (unpaired) electrons. The minimum atomic E-state index is -0.821. The third-order valence-electron chi connectivity index (χ3n) is 4.50. The normalized spacial score (nSPS) is 23.6. The number of hydrogen-bond donors (Lipinski definition) is 1. The highest BCUT2D eigenvalue weighted by Gasteiger charge is 2.28. The van der Waals surface area contributed by atoms with Gasteiger partial charge in [-0.1, -0.05) is 61.5 Å². The number of carbonyl (C=O) groups excluding carboxylic acids is 2. The van der Waals surface area contributed by atoms with Gasteiger partial charge >= 0.3 is 5.97 Å². The monoisotopic (exact) mass is 392 g/mol. The number of nitrogens with zero attached hydrogens (tertiary/aromatic N) is 1. The first-order chi connectivity index (χ1) is 11.3. The molecule has 24 heavy (non-hydrogen) atoms. The van der Waals surface area contributed by atoms with E-state index in [1.807, 2.05) is 0 Å². The number of halogens is 3. The second kappa shape index (κ2) is 8.37. The molecule has 1 aromatic rings. The third-order valence-corrected chi connectivity index (χ3v) is 5.74. The smallest absolute Gasteiger partial charge is 0.359 e. The van der Waals surface area contributed by atoms with Crippen LogP contribution in [0.25, 0.3) is 0 Å². The fourth-order valence-corrected chi connectivity index (χ4v) is 3.38. The summed E-state index contributed by atoms with van der Waals surface area (Å²) in [5.74, 6) is -0.209.